The van der Waals surface area contributed by atoms with E-state index in [1.54, 1.807) is 27.0 Å². The number of hydrogen-bond donors (Lipinski definition) is 0. The molecular weight excluding hydrogens is 429 g/mol. The van der Waals surface area contributed by atoms with Gasteiger partial charge in [0.15, 0.2) is 14.7 Å². The van der Waals surface area contributed by atoms with Gasteiger partial charge in [0.05, 0.1) is 6.04 Å². The van der Waals surface area contributed by atoms with Gasteiger partial charge in [-0.25, -0.2) is 14.8 Å². The van der Waals surface area contributed by atoms with E-state index in [2.05, 4.69) is 9.97 Å². The fourth-order valence-corrected chi connectivity index (χ4v) is 4.58. The topological polar surface area (TPSA) is 77.3 Å². The zero-order valence-electron chi connectivity index (χ0n) is 16.4. The van der Waals surface area contributed by atoms with Crippen LogP contribution >= 0.6 is 23.1 Å². The molecule has 1 saturated heterocycles. The number of halogens is 3. The predicted octanol–water partition coefficient (Wildman–Crippen LogP) is 3.99. The van der Waals surface area contributed by atoms with Crippen molar-refractivity contribution in [3.8, 4) is 0 Å². The normalized spacial score (nSPS) is 17.9. The van der Waals surface area contributed by atoms with Crippen molar-refractivity contribution < 1.29 is 22.7 Å². The van der Waals surface area contributed by atoms with Crippen molar-refractivity contribution in [1.82, 2.24) is 19.4 Å². The molecule has 2 aromatic heterocycles. The average Bonchev–Trinajstić information content (AvgIpc) is 3.21. The van der Waals surface area contributed by atoms with Crippen LogP contribution in [0.2, 0.25) is 0 Å². The maximum atomic E-state index is 13.6. The number of thiazole rings is 1. The third-order valence-electron chi connectivity index (χ3n) is 4.33. The zero-order chi connectivity index (χ0) is 21.6. The first kappa shape index (κ1) is 21.9. The highest BCUT2D eigenvalue weighted by molar-refractivity contribution is 8.00. The molecule has 1 atom stereocenters. The average molecular weight is 451 g/mol. The summed E-state index contributed by atoms with van der Waals surface area (Å²) in [5.41, 5.74) is -1.67. The molecule has 7 nitrogen and oxygen atoms in total. The van der Waals surface area contributed by atoms with Gasteiger partial charge in [0.25, 0.3) is 5.56 Å². The second kappa shape index (κ2) is 7.78. The Labute approximate surface area is 173 Å². The highest BCUT2D eigenvalue weighted by Crippen LogP contribution is 2.32. The highest BCUT2D eigenvalue weighted by atomic mass is 32.2. The van der Waals surface area contributed by atoms with E-state index in [1.165, 1.54) is 16.7 Å². The Morgan fingerprint density at radius 2 is 2.00 bits per heavy atom. The lowest BCUT2D eigenvalue weighted by molar-refractivity contribution is -0.148. The monoisotopic (exact) mass is 450 g/mol. The first-order chi connectivity index (χ1) is 13.4. The summed E-state index contributed by atoms with van der Waals surface area (Å²) in [6.45, 7) is 5.18. The van der Waals surface area contributed by atoms with Crippen LogP contribution in [0, 0.1) is 0 Å². The Hall–Kier alpha value is -1.82. The third kappa shape index (κ3) is 4.68. The number of fused-ring (bicyclic) bond motifs is 1. The Balaban J connectivity index is 2.01. The van der Waals surface area contributed by atoms with Crippen molar-refractivity contribution in [2.75, 3.05) is 12.8 Å². The maximum absolute atomic E-state index is 13.6. The SMILES string of the molecule is CSc1nc2c(=O)n(C[C@@H]3CCCN3C(=O)OC(C)(C)C)c(C(F)(F)F)nc2s1. The number of likely N-dealkylation sites (tertiary alicyclic amines) is 1. The minimum atomic E-state index is -4.81. The van der Waals surface area contributed by atoms with Crippen LogP contribution in [0.4, 0.5) is 18.0 Å². The van der Waals surface area contributed by atoms with Crippen LogP contribution in [0.3, 0.4) is 0 Å². The summed E-state index contributed by atoms with van der Waals surface area (Å²) in [4.78, 5) is 34.4. The second-order valence-corrected chi connectivity index (χ2v) is 9.69. The van der Waals surface area contributed by atoms with Gasteiger partial charge in [-0.3, -0.25) is 9.36 Å². The number of alkyl halides is 3. The van der Waals surface area contributed by atoms with Crippen molar-refractivity contribution in [2.45, 2.75) is 62.3 Å². The number of rotatable bonds is 3. The molecule has 0 unspecified atom stereocenters. The van der Waals surface area contributed by atoms with Gasteiger partial charge < -0.3 is 9.64 Å². The lowest BCUT2D eigenvalue weighted by Gasteiger charge is -2.29. The summed E-state index contributed by atoms with van der Waals surface area (Å²) in [5, 5.41) is 0. The molecule has 2 aromatic rings. The van der Waals surface area contributed by atoms with Crippen LogP contribution in [0.25, 0.3) is 10.3 Å². The van der Waals surface area contributed by atoms with E-state index in [-0.39, 0.29) is 16.9 Å². The molecule has 0 N–H and O–H groups in total. The van der Waals surface area contributed by atoms with Crippen LogP contribution in [0.5, 0.6) is 0 Å². The molecule has 0 radical (unpaired) electrons. The molecular formula is C17H21F3N4O3S2. The number of carbonyl (C=O) groups is 1. The van der Waals surface area contributed by atoms with Crippen molar-refractivity contribution in [1.29, 1.82) is 0 Å². The number of hydrogen-bond acceptors (Lipinski definition) is 7. The summed E-state index contributed by atoms with van der Waals surface area (Å²) in [7, 11) is 0. The fraction of sp³-hybridized carbons (Fsp3) is 0.647. The van der Waals surface area contributed by atoms with Gasteiger partial charge in [0.1, 0.15) is 5.60 Å². The number of ether oxygens (including phenoxy) is 1. The highest BCUT2D eigenvalue weighted by Gasteiger charge is 2.40. The van der Waals surface area contributed by atoms with Crippen molar-refractivity contribution in [2.24, 2.45) is 0 Å². The van der Waals surface area contributed by atoms with Crippen molar-refractivity contribution in [3.05, 3.63) is 16.2 Å². The second-order valence-electron chi connectivity index (χ2n) is 7.66. The van der Waals surface area contributed by atoms with Gasteiger partial charge in [-0.2, -0.15) is 13.2 Å². The standard InChI is InChI=1S/C17H21F3N4O3S2/c1-16(2,3)27-15(26)23-7-5-6-9(23)8-24-12(25)10-11(29-14(21-10)28-4)22-13(24)17(18,19)20/h9H,5-8H2,1-4H3/t9-/m0/s1. The van der Waals surface area contributed by atoms with Crippen LogP contribution in [-0.2, 0) is 17.5 Å². The van der Waals surface area contributed by atoms with E-state index in [1.807, 2.05) is 0 Å². The van der Waals surface area contributed by atoms with Crippen molar-refractivity contribution in [3.63, 3.8) is 0 Å². The minimum Gasteiger partial charge on any atom is -0.444 e. The largest absolute Gasteiger partial charge is 0.449 e. The van der Waals surface area contributed by atoms with Crippen LogP contribution < -0.4 is 5.56 Å². The molecule has 0 bridgehead atoms. The number of amides is 1. The number of carbonyl (C=O) groups excluding carboxylic acids is 1. The van der Waals surface area contributed by atoms with Gasteiger partial charge >= 0.3 is 12.3 Å². The molecule has 3 rings (SSSR count). The molecule has 0 aliphatic carbocycles. The molecule has 1 amide bonds. The molecule has 3 heterocycles. The molecule has 1 fully saturated rings. The Morgan fingerprint density at radius 1 is 1.31 bits per heavy atom. The molecule has 12 heteroatoms. The maximum Gasteiger partial charge on any atom is 0.449 e. The molecule has 0 saturated carbocycles. The Morgan fingerprint density at radius 3 is 2.59 bits per heavy atom. The summed E-state index contributed by atoms with van der Waals surface area (Å²) >= 11 is 2.18. The van der Waals surface area contributed by atoms with E-state index in [0.29, 0.717) is 28.3 Å². The first-order valence-electron chi connectivity index (χ1n) is 8.93. The summed E-state index contributed by atoms with van der Waals surface area (Å²) in [5.74, 6) is -1.28. The lowest BCUT2D eigenvalue weighted by Crippen LogP contribution is -2.44. The van der Waals surface area contributed by atoms with E-state index < -0.39 is 35.3 Å². The van der Waals surface area contributed by atoms with Gasteiger partial charge in [-0.1, -0.05) is 23.1 Å². The first-order valence-corrected chi connectivity index (χ1v) is 11.0. The summed E-state index contributed by atoms with van der Waals surface area (Å²) in [6, 6.07) is -0.596. The quantitative estimate of drug-likeness (QED) is 0.658. The molecule has 160 valence electrons. The molecule has 1 aliphatic rings. The van der Waals surface area contributed by atoms with Crippen LogP contribution in [-0.4, -0.2) is 50.0 Å². The van der Waals surface area contributed by atoms with E-state index in [9.17, 15) is 22.8 Å². The van der Waals surface area contributed by atoms with Crippen molar-refractivity contribution >= 4 is 39.5 Å². The zero-order valence-corrected chi connectivity index (χ0v) is 18.0. The molecule has 1 aliphatic heterocycles. The smallest absolute Gasteiger partial charge is 0.444 e. The Bertz CT molecular complexity index is 981. The Kier molecular flexibility index (Phi) is 5.87. The van der Waals surface area contributed by atoms with Gasteiger partial charge in [-0.15, -0.1) is 0 Å². The van der Waals surface area contributed by atoms with E-state index >= 15 is 0 Å². The van der Waals surface area contributed by atoms with E-state index in [0.717, 1.165) is 11.3 Å². The predicted molar refractivity (Wildman–Crippen MR) is 104 cm³/mol. The molecule has 0 aromatic carbocycles. The summed E-state index contributed by atoms with van der Waals surface area (Å²) in [6.07, 6.45) is -2.62. The molecule has 29 heavy (non-hydrogen) atoms. The van der Waals surface area contributed by atoms with E-state index in [4.69, 9.17) is 4.74 Å². The lowest BCUT2D eigenvalue weighted by atomic mass is 10.2. The number of aromatic nitrogens is 3. The minimum absolute atomic E-state index is 0.0432. The van der Waals surface area contributed by atoms with Gasteiger partial charge in [0, 0.05) is 13.1 Å². The van der Waals surface area contributed by atoms with Gasteiger partial charge in [0.2, 0.25) is 5.82 Å². The van der Waals surface area contributed by atoms with Crippen LogP contribution in [0.15, 0.2) is 9.13 Å². The summed E-state index contributed by atoms with van der Waals surface area (Å²) < 4.78 is 47.4. The molecule has 0 spiro atoms. The van der Waals surface area contributed by atoms with Gasteiger partial charge in [-0.05, 0) is 39.9 Å². The third-order valence-corrected chi connectivity index (χ3v) is 6.26. The fourth-order valence-electron chi connectivity index (χ4n) is 3.16. The number of thioether (sulfide) groups is 1. The van der Waals surface area contributed by atoms with Crippen LogP contribution in [0.1, 0.15) is 39.4 Å². The number of nitrogens with zero attached hydrogens (tertiary/aromatic N) is 4.